The largest absolute Gasteiger partial charge is 0.365 e. The summed E-state index contributed by atoms with van der Waals surface area (Å²) in [7, 11) is 0. The third-order valence-electron chi connectivity index (χ3n) is 2.95. The van der Waals surface area contributed by atoms with Crippen LogP contribution < -0.4 is 16.0 Å². The number of fused-ring (bicyclic) bond motifs is 1. The van der Waals surface area contributed by atoms with E-state index in [1.54, 1.807) is 6.07 Å². The van der Waals surface area contributed by atoms with Crippen LogP contribution in [0.5, 0.6) is 0 Å². The van der Waals surface area contributed by atoms with Crippen LogP contribution in [-0.2, 0) is 0 Å². The molecule has 2 aromatic heterocycles. The predicted octanol–water partition coefficient (Wildman–Crippen LogP) is 0.200. The van der Waals surface area contributed by atoms with Gasteiger partial charge in [-0.15, -0.1) is 11.3 Å². The molecule has 1 aliphatic heterocycles. The molecule has 3 N–H and O–H groups in total. The minimum atomic E-state index is -0.413. The molecule has 18 heavy (non-hydrogen) atoms. The SMILES string of the molecule is NC(=O)c1cc2ncnc(N3CCNCC3)c2s1. The van der Waals surface area contributed by atoms with Gasteiger partial charge in [0.1, 0.15) is 12.1 Å². The second kappa shape index (κ2) is 4.51. The van der Waals surface area contributed by atoms with Gasteiger partial charge in [0, 0.05) is 26.2 Å². The quantitative estimate of drug-likeness (QED) is 0.808. The van der Waals surface area contributed by atoms with Crippen LogP contribution in [-0.4, -0.2) is 42.1 Å². The van der Waals surface area contributed by atoms with Gasteiger partial charge in [-0.25, -0.2) is 9.97 Å². The molecule has 0 atom stereocenters. The highest BCUT2D eigenvalue weighted by Crippen LogP contribution is 2.31. The molecule has 0 radical (unpaired) electrons. The van der Waals surface area contributed by atoms with Gasteiger partial charge >= 0.3 is 0 Å². The van der Waals surface area contributed by atoms with E-state index in [1.807, 2.05) is 0 Å². The van der Waals surface area contributed by atoms with Crippen molar-refractivity contribution in [2.75, 3.05) is 31.1 Å². The molecule has 7 heteroatoms. The maximum Gasteiger partial charge on any atom is 0.258 e. The Morgan fingerprint density at radius 2 is 2.17 bits per heavy atom. The van der Waals surface area contributed by atoms with Crippen LogP contribution in [0.4, 0.5) is 5.82 Å². The summed E-state index contributed by atoms with van der Waals surface area (Å²) in [5, 5.41) is 3.30. The van der Waals surface area contributed by atoms with E-state index < -0.39 is 5.91 Å². The summed E-state index contributed by atoms with van der Waals surface area (Å²) in [6.45, 7) is 3.71. The van der Waals surface area contributed by atoms with Crippen molar-refractivity contribution < 1.29 is 4.79 Å². The van der Waals surface area contributed by atoms with Crippen LogP contribution in [0, 0.1) is 0 Å². The third kappa shape index (κ3) is 1.91. The highest BCUT2D eigenvalue weighted by atomic mass is 32.1. The Balaban J connectivity index is 2.07. The molecule has 0 spiro atoms. The minimum Gasteiger partial charge on any atom is -0.365 e. The molecule has 1 fully saturated rings. The number of nitrogens with two attached hydrogens (primary N) is 1. The van der Waals surface area contributed by atoms with Crippen molar-refractivity contribution in [3.8, 4) is 0 Å². The van der Waals surface area contributed by atoms with Crippen LogP contribution >= 0.6 is 11.3 Å². The molecule has 2 aromatic rings. The molecule has 0 unspecified atom stereocenters. The summed E-state index contributed by atoms with van der Waals surface area (Å²) in [6, 6.07) is 1.73. The smallest absolute Gasteiger partial charge is 0.258 e. The number of carbonyl (C=O) groups is 1. The number of nitrogens with one attached hydrogen (secondary N) is 1. The predicted molar refractivity (Wildman–Crippen MR) is 71.0 cm³/mol. The molecule has 0 saturated carbocycles. The molecule has 0 aromatic carbocycles. The number of piperazine rings is 1. The fourth-order valence-electron chi connectivity index (χ4n) is 2.07. The van der Waals surface area contributed by atoms with Crippen LogP contribution in [0.2, 0.25) is 0 Å². The summed E-state index contributed by atoms with van der Waals surface area (Å²) < 4.78 is 0.938. The summed E-state index contributed by atoms with van der Waals surface area (Å²) in [4.78, 5) is 22.5. The number of anilines is 1. The first-order valence-electron chi connectivity index (χ1n) is 5.76. The number of hydrogen-bond donors (Lipinski definition) is 2. The number of nitrogens with zero attached hydrogens (tertiary/aromatic N) is 3. The number of rotatable bonds is 2. The van der Waals surface area contributed by atoms with E-state index in [9.17, 15) is 4.79 Å². The molecular weight excluding hydrogens is 250 g/mol. The second-order valence-electron chi connectivity index (χ2n) is 4.12. The van der Waals surface area contributed by atoms with Gasteiger partial charge in [0.05, 0.1) is 15.1 Å². The molecule has 1 aliphatic rings. The minimum absolute atomic E-state index is 0.413. The lowest BCUT2D eigenvalue weighted by Crippen LogP contribution is -2.43. The lowest BCUT2D eigenvalue weighted by atomic mass is 10.3. The average molecular weight is 263 g/mol. The molecule has 3 heterocycles. The van der Waals surface area contributed by atoms with Crippen molar-refractivity contribution in [3.63, 3.8) is 0 Å². The van der Waals surface area contributed by atoms with Gasteiger partial charge in [-0.05, 0) is 6.07 Å². The maximum atomic E-state index is 11.2. The topological polar surface area (TPSA) is 84.1 Å². The lowest BCUT2D eigenvalue weighted by molar-refractivity contribution is 0.100. The second-order valence-corrected chi connectivity index (χ2v) is 5.18. The molecule has 94 valence electrons. The van der Waals surface area contributed by atoms with Crippen molar-refractivity contribution >= 4 is 33.3 Å². The van der Waals surface area contributed by atoms with Crippen molar-refractivity contribution in [1.29, 1.82) is 0 Å². The summed E-state index contributed by atoms with van der Waals surface area (Å²) in [6.07, 6.45) is 1.54. The molecule has 1 amide bonds. The van der Waals surface area contributed by atoms with Gasteiger partial charge in [-0.2, -0.15) is 0 Å². The van der Waals surface area contributed by atoms with E-state index in [-0.39, 0.29) is 0 Å². The summed E-state index contributed by atoms with van der Waals surface area (Å²) in [5.41, 5.74) is 6.10. The van der Waals surface area contributed by atoms with Gasteiger partial charge in [-0.1, -0.05) is 0 Å². The highest BCUT2D eigenvalue weighted by Gasteiger charge is 2.18. The first kappa shape index (κ1) is 11.4. The zero-order valence-corrected chi connectivity index (χ0v) is 10.5. The van der Waals surface area contributed by atoms with Crippen molar-refractivity contribution in [2.24, 2.45) is 5.73 Å². The van der Waals surface area contributed by atoms with Crippen LogP contribution in [0.3, 0.4) is 0 Å². The number of carbonyl (C=O) groups excluding carboxylic acids is 1. The molecule has 3 rings (SSSR count). The zero-order valence-electron chi connectivity index (χ0n) is 9.72. The van der Waals surface area contributed by atoms with Gasteiger partial charge < -0.3 is 16.0 Å². The summed E-state index contributed by atoms with van der Waals surface area (Å²) in [5.74, 6) is 0.489. The first-order chi connectivity index (χ1) is 8.75. The Labute approximate surface area is 108 Å². The Morgan fingerprint density at radius 1 is 1.39 bits per heavy atom. The normalized spacial score (nSPS) is 16.1. The van der Waals surface area contributed by atoms with Crippen LogP contribution in [0.25, 0.3) is 10.2 Å². The Morgan fingerprint density at radius 3 is 2.89 bits per heavy atom. The van der Waals surface area contributed by atoms with E-state index in [0.29, 0.717) is 4.88 Å². The highest BCUT2D eigenvalue weighted by molar-refractivity contribution is 7.21. The molecular formula is C11H13N5OS. The number of hydrogen-bond acceptors (Lipinski definition) is 6. The van der Waals surface area contributed by atoms with Crippen molar-refractivity contribution in [2.45, 2.75) is 0 Å². The van der Waals surface area contributed by atoms with E-state index in [0.717, 1.165) is 42.2 Å². The fourth-order valence-corrected chi connectivity index (χ4v) is 3.05. The molecule has 0 aliphatic carbocycles. The fraction of sp³-hybridized carbons (Fsp3) is 0.364. The Bertz CT molecular complexity index is 590. The number of aromatic nitrogens is 2. The molecule has 0 bridgehead atoms. The van der Waals surface area contributed by atoms with Crippen molar-refractivity contribution in [3.05, 3.63) is 17.3 Å². The van der Waals surface area contributed by atoms with Crippen molar-refractivity contribution in [1.82, 2.24) is 15.3 Å². The zero-order chi connectivity index (χ0) is 12.5. The van der Waals surface area contributed by atoms with E-state index in [1.165, 1.54) is 17.7 Å². The number of primary amides is 1. The maximum absolute atomic E-state index is 11.2. The monoisotopic (exact) mass is 263 g/mol. The number of thiophene rings is 1. The van der Waals surface area contributed by atoms with Crippen LogP contribution in [0.1, 0.15) is 9.67 Å². The van der Waals surface area contributed by atoms with Gasteiger partial charge in [0.15, 0.2) is 0 Å². The molecule has 6 nitrogen and oxygen atoms in total. The van der Waals surface area contributed by atoms with Crippen LogP contribution in [0.15, 0.2) is 12.4 Å². The van der Waals surface area contributed by atoms with Gasteiger partial charge in [0.25, 0.3) is 5.91 Å². The number of amides is 1. The third-order valence-corrected chi connectivity index (χ3v) is 4.09. The van der Waals surface area contributed by atoms with E-state index in [2.05, 4.69) is 20.2 Å². The Hall–Kier alpha value is -1.73. The van der Waals surface area contributed by atoms with Gasteiger partial charge in [0.2, 0.25) is 0 Å². The average Bonchev–Trinajstić information content (AvgIpc) is 2.83. The Kier molecular flexibility index (Phi) is 2.85. The molecule has 1 saturated heterocycles. The van der Waals surface area contributed by atoms with Gasteiger partial charge in [-0.3, -0.25) is 4.79 Å². The summed E-state index contributed by atoms with van der Waals surface area (Å²) >= 11 is 1.36. The first-order valence-corrected chi connectivity index (χ1v) is 6.57. The van der Waals surface area contributed by atoms with E-state index >= 15 is 0 Å². The standard InChI is InChI=1S/C11H13N5OS/c12-10(17)8-5-7-9(18-8)11(15-6-14-7)16-3-1-13-2-4-16/h5-6,13H,1-4H2,(H2,12,17). The lowest BCUT2D eigenvalue weighted by Gasteiger charge is -2.28. The van der Waals surface area contributed by atoms with E-state index in [4.69, 9.17) is 5.73 Å².